The number of nitrogens with two attached hydrogens (primary N) is 1. The zero-order valence-electron chi connectivity index (χ0n) is 15.8. The Kier molecular flexibility index (Phi) is 8.21. The highest BCUT2D eigenvalue weighted by molar-refractivity contribution is 5.79. The summed E-state index contributed by atoms with van der Waals surface area (Å²) in [7, 11) is 3.43. The number of amides is 1. The summed E-state index contributed by atoms with van der Waals surface area (Å²) in [5.74, 6) is 1.48. The molecule has 26 heavy (non-hydrogen) atoms. The van der Waals surface area contributed by atoms with Gasteiger partial charge in [-0.15, -0.1) is 0 Å². The first-order chi connectivity index (χ1) is 12.6. The Labute approximate surface area is 156 Å². The van der Waals surface area contributed by atoms with Crippen LogP contribution in [-0.4, -0.2) is 57.1 Å². The monoisotopic (exact) mass is 361 g/mol. The van der Waals surface area contributed by atoms with Gasteiger partial charge in [-0.3, -0.25) is 9.79 Å². The van der Waals surface area contributed by atoms with E-state index in [1.54, 1.807) is 14.2 Å². The summed E-state index contributed by atoms with van der Waals surface area (Å²) in [5, 5.41) is 6.64. The highest BCUT2D eigenvalue weighted by Gasteiger charge is 2.23. The van der Waals surface area contributed by atoms with Crippen molar-refractivity contribution in [1.82, 2.24) is 15.5 Å². The summed E-state index contributed by atoms with van der Waals surface area (Å²) in [5.41, 5.74) is 6.60. The summed E-state index contributed by atoms with van der Waals surface area (Å²) in [6, 6.07) is 7.96. The lowest BCUT2D eigenvalue weighted by Gasteiger charge is -2.31. The van der Waals surface area contributed by atoms with Gasteiger partial charge in [0.25, 0.3) is 0 Å². The molecule has 144 valence electrons. The van der Waals surface area contributed by atoms with E-state index < -0.39 is 0 Å². The maximum atomic E-state index is 11.3. The number of ether oxygens (including phenoxy) is 1. The van der Waals surface area contributed by atoms with Crippen molar-refractivity contribution in [2.24, 2.45) is 16.6 Å². The first-order valence-electron chi connectivity index (χ1n) is 9.21. The molecule has 1 fully saturated rings. The van der Waals surface area contributed by atoms with Gasteiger partial charge in [0.1, 0.15) is 5.75 Å². The second kappa shape index (κ2) is 10.7. The van der Waals surface area contributed by atoms with Crippen LogP contribution in [-0.2, 0) is 11.3 Å². The van der Waals surface area contributed by atoms with Crippen molar-refractivity contribution in [3.8, 4) is 5.75 Å². The number of primary amides is 1. The Hall–Kier alpha value is -2.28. The minimum absolute atomic E-state index is 0.00985. The van der Waals surface area contributed by atoms with Crippen LogP contribution >= 0.6 is 0 Å². The lowest BCUT2D eigenvalue weighted by atomic mass is 9.97. The molecular weight excluding hydrogens is 330 g/mol. The molecule has 7 heteroatoms. The molecule has 1 aliphatic rings. The number of benzene rings is 1. The number of rotatable bonds is 8. The van der Waals surface area contributed by atoms with Crippen LogP contribution < -0.4 is 21.1 Å². The van der Waals surface area contributed by atoms with Crippen molar-refractivity contribution in [3.63, 3.8) is 0 Å². The Balaban J connectivity index is 1.64. The maximum Gasteiger partial charge on any atom is 0.221 e. The second-order valence-electron chi connectivity index (χ2n) is 6.60. The van der Waals surface area contributed by atoms with Crippen LogP contribution in [0.4, 0.5) is 0 Å². The fraction of sp³-hybridized carbons (Fsp3) is 0.579. The number of nitrogens with one attached hydrogen (secondary N) is 2. The van der Waals surface area contributed by atoms with E-state index in [1.165, 1.54) is 5.56 Å². The van der Waals surface area contributed by atoms with Gasteiger partial charge in [-0.25, -0.2) is 0 Å². The molecule has 2 rings (SSSR count). The predicted molar refractivity (Wildman–Crippen MR) is 104 cm³/mol. The molecule has 1 heterocycles. The van der Waals surface area contributed by atoms with Crippen LogP contribution in [0.25, 0.3) is 0 Å². The molecule has 1 aromatic rings. The number of likely N-dealkylation sites (tertiary alicyclic amines) is 1. The summed E-state index contributed by atoms with van der Waals surface area (Å²) >= 11 is 0. The van der Waals surface area contributed by atoms with E-state index in [0.29, 0.717) is 6.54 Å². The Morgan fingerprint density at radius 1 is 1.35 bits per heavy atom. The van der Waals surface area contributed by atoms with Crippen LogP contribution in [0.2, 0.25) is 0 Å². The van der Waals surface area contributed by atoms with Crippen molar-refractivity contribution >= 4 is 11.9 Å². The van der Waals surface area contributed by atoms with Crippen molar-refractivity contribution in [2.75, 3.05) is 40.3 Å². The number of piperidine rings is 1. The predicted octanol–water partition coefficient (Wildman–Crippen LogP) is 0.948. The van der Waals surface area contributed by atoms with Gasteiger partial charge in [-0.05, 0) is 50.0 Å². The minimum atomic E-state index is -0.170. The fourth-order valence-corrected chi connectivity index (χ4v) is 3.15. The lowest BCUT2D eigenvalue weighted by molar-refractivity contribution is -0.123. The van der Waals surface area contributed by atoms with Crippen LogP contribution in [0.5, 0.6) is 5.75 Å². The van der Waals surface area contributed by atoms with Crippen LogP contribution in [0, 0.1) is 5.92 Å². The first kappa shape index (κ1) is 20.0. The van der Waals surface area contributed by atoms with E-state index in [1.807, 2.05) is 24.3 Å². The third-order valence-corrected chi connectivity index (χ3v) is 4.69. The quantitative estimate of drug-likeness (QED) is 0.364. The zero-order chi connectivity index (χ0) is 18.8. The molecule has 7 nitrogen and oxygen atoms in total. The molecule has 1 saturated heterocycles. The fourth-order valence-electron chi connectivity index (χ4n) is 3.15. The van der Waals surface area contributed by atoms with Crippen LogP contribution in [0.15, 0.2) is 29.3 Å². The average Bonchev–Trinajstić information content (AvgIpc) is 2.68. The van der Waals surface area contributed by atoms with Gasteiger partial charge in [0, 0.05) is 26.7 Å². The Bertz CT molecular complexity index is 588. The average molecular weight is 361 g/mol. The van der Waals surface area contributed by atoms with Crippen LogP contribution in [0.1, 0.15) is 24.8 Å². The van der Waals surface area contributed by atoms with Gasteiger partial charge < -0.3 is 26.0 Å². The van der Waals surface area contributed by atoms with Gasteiger partial charge in [-0.1, -0.05) is 12.1 Å². The summed E-state index contributed by atoms with van der Waals surface area (Å²) in [6.07, 6.45) is 2.97. The number of methoxy groups -OCH3 is 1. The van der Waals surface area contributed by atoms with E-state index in [2.05, 4.69) is 20.5 Å². The number of carbonyl (C=O) groups excluding carboxylic acids is 1. The summed E-state index contributed by atoms with van der Waals surface area (Å²) in [6.45, 7) is 4.34. The van der Waals surface area contributed by atoms with Gasteiger partial charge in [0.15, 0.2) is 5.96 Å². The number of hydrogen-bond donors (Lipinski definition) is 3. The van der Waals surface area contributed by atoms with Crippen LogP contribution in [0.3, 0.4) is 0 Å². The largest absolute Gasteiger partial charge is 0.497 e. The number of aliphatic imine (C=N–C) groups is 1. The third kappa shape index (κ3) is 6.55. The molecule has 0 bridgehead atoms. The smallest absolute Gasteiger partial charge is 0.221 e. The SMILES string of the molecule is CN=C(NCCCN1CCCC(C(N)=O)C1)NCc1ccc(OC)cc1. The molecule has 0 aromatic heterocycles. The molecule has 0 aliphatic carbocycles. The number of nitrogens with zero attached hydrogens (tertiary/aromatic N) is 2. The molecule has 0 radical (unpaired) electrons. The van der Waals surface area contributed by atoms with Crippen molar-refractivity contribution in [1.29, 1.82) is 0 Å². The van der Waals surface area contributed by atoms with Gasteiger partial charge >= 0.3 is 0 Å². The molecule has 4 N–H and O–H groups in total. The second-order valence-corrected chi connectivity index (χ2v) is 6.60. The van der Waals surface area contributed by atoms with Gasteiger partial charge in [0.05, 0.1) is 13.0 Å². The van der Waals surface area contributed by atoms with Gasteiger partial charge in [0.2, 0.25) is 5.91 Å². The van der Waals surface area contributed by atoms with E-state index in [0.717, 1.165) is 57.2 Å². The van der Waals surface area contributed by atoms with Crippen molar-refractivity contribution < 1.29 is 9.53 Å². The first-order valence-corrected chi connectivity index (χ1v) is 9.21. The molecule has 1 unspecified atom stereocenters. The normalized spacial score (nSPS) is 18.4. The molecule has 1 atom stereocenters. The molecule has 1 aliphatic heterocycles. The Morgan fingerprint density at radius 3 is 2.77 bits per heavy atom. The molecule has 1 aromatic carbocycles. The number of hydrogen-bond acceptors (Lipinski definition) is 4. The summed E-state index contributed by atoms with van der Waals surface area (Å²) in [4.78, 5) is 17.9. The highest BCUT2D eigenvalue weighted by Crippen LogP contribution is 2.15. The van der Waals surface area contributed by atoms with E-state index in [-0.39, 0.29) is 11.8 Å². The number of carbonyl (C=O) groups is 1. The molecular formula is C19H31N5O2. The van der Waals surface area contributed by atoms with Crippen molar-refractivity contribution in [3.05, 3.63) is 29.8 Å². The zero-order valence-corrected chi connectivity index (χ0v) is 15.8. The standard InChI is InChI=1S/C19H31N5O2/c1-21-19(23-13-15-6-8-17(26-2)9-7-15)22-10-4-12-24-11-3-5-16(14-24)18(20)25/h6-9,16H,3-5,10-14H2,1-2H3,(H2,20,25)(H2,21,22,23). The highest BCUT2D eigenvalue weighted by atomic mass is 16.5. The van der Waals surface area contributed by atoms with E-state index >= 15 is 0 Å². The maximum absolute atomic E-state index is 11.3. The lowest BCUT2D eigenvalue weighted by Crippen LogP contribution is -2.42. The third-order valence-electron chi connectivity index (χ3n) is 4.69. The Morgan fingerprint density at radius 2 is 2.12 bits per heavy atom. The molecule has 0 saturated carbocycles. The number of guanidine groups is 1. The topological polar surface area (TPSA) is 92.0 Å². The summed E-state index contributed by atoms with van der Waals surface area (Å²) < 4.78 is 5.16. The van der Waals surface area contributed by atoms with Crippen molar-refractivity contribution in [2.45, 2.75) is 25.8 Å². The van der Waals surface area contributed by atoms with E-state index in [9.17, 15) is 4.79 Å². The molecule has 1 amide bonds. The van der Waals surface area contributed by atoms with Gasteiger partial charge in [-0.2, -0.15) is 0 Å². The van der Waals surface area contributed by atoms with E-state index in [4.69, 9.17) is 10.5 Å². The minimum Gasteiger partial charge on any atom is -0.497 e. The molecule has 0 spiro atoms.